The van der Waals surface area contributed by atoms with Crippen LogP contribution < -0.4 is 4.90 Å². The second-order valence-corrected chi connectivity index (χ2v) is 8.41. The maximum absolute atomic E-state index is 5.50. The summed E-state index contributed by atoms with van der Waals surface area (Å²) >= 11 is 0. The van der Waals surface area contributed by atoms with Crippen LogP contribution in [0.4, 0.5) is 5.82 Å². The van der Waals surface area contributed by atoms with Gasteiger partial charge in [0.25, 0.3) is 0 Å². The van der Waals surface area contributed by atoms with Gasteiger partial charge < -0.3 is 9.64 Å². The first-order valence-electron chi connectivity index (χ1n) is 9.72. The summed E-state index contributed by atoms with van der Waals surface area (Å²) in [7, 11) is 0. The molecule has 3 aromatic heterocycles. The first-order valence-corrected chi connectivity index (χ1v) is 9.72. The molecule has 1 saturated carbocycles. The summed E-state index contributed by atoms with van der Waals surface area (Å²) in [6.45, 7) is 9.69. The van der Waals surface area contributed by atoms with Gasteiger partial charge in [0.2, 0.25) is 0 Å². The molecule has 0 aromatic carbocycles. The van der Waals surface area contributed by atoms with Crippen molar-refractivity contribution in [1.29, 1.82) is 0 Å². The van der Waals surface area contributed by atoms with Crippen LogP contribution in [0.15, 0.2) is 0 Å². The number of rotatable bonds is 4. The van der Waals surface area contributed by atoms with Crippen molar-refractivity contribution in [2.24, 2.45) is 0 Å². The third-order valence-corrected chi connectivity index (χ3v) is 5.07. The van der Waals surface area contributed by atoms with Crippen LogP contribution >= 0.6 is 0 Å². The lowest BCUT2D eigenvalue weighted by Gasteiger charge is -2.29. The van der Waals surface area contributed by atoms with Crippen LogP contribution in [0.5, 0.6) is 0 Å². The van der Waals surface area contributed by atoms with Gasteiger partial charge in [-0.3, -0.25) is 0 Å². The van der Waals surface area contributed by atoms with Crippen LogP contribution in [0.3, 0.4) is 0 Å². The lowest BCUT2D eigenvalue weighted by molar-refractivity contribution is 0.122. The molecular weight excluding hydrogens is 360 g/mol. The van der Waals surface area contributed by atoms with Gasteiger partial charge in [-0.15, -0.1) is 10.2 Å². The number of ether oxygens (including phenoxy) is 1. The highest BCUT2D eigenvalue weighted by Crippen LogP contribution is 2.34. The molecule has 0 unspecified atom stereocenters. The smallest absolute Gasteiger partial charge is 0.184 e. The van der Waals surface area contributed by atoms with Gasteiger partial charge in [0.1, 0.15) is 12.4 Å². The summed E-state index contributed by atoms with van der Waals surface area (Å²) in [6.07, 6.45) is 2.24. The number of fused-ring (bicyclic) bond motifs is 1. The normalized spacial score (nSPS) is 18.2. The lowest BCUT2D eigenvalue weighted by atomic mass is 9.96. The average molecular weight is 384 g/mol. The van der Waals surface area contributed by atoms with Crippen molar-refractivity contribution in [1.82, 2.24) is 45.2 Å². The van der Waals surface area contributed by atoms with Crippen molar-refractivity contribution in [3.8, 4) is 0 Å². The second-order valence-electron chi connectivity index (χ2n) is 8.41. The fourth-order valence-corrected chi connectivity index (χ4v) is 3.33. The Morgan fingerprint density at radius 3 is 2.54 bits per heavy atom. The van der Waals surface area contributed by atoms with E-state index < -0.39 is 0 Å². The van der Waals surface area contributed by atoms with Crippen LogP contribution in [0.1, 0.15) is 51.3 Å². The van der Waals surface area contributed by atoms with Gasteiger partial charge >= 0.3 is 0 Å². The van der Waals surface area contributed by atoms with Crippen LogP contribution in [0, 0.1) is 0 Å². The van der Waals surface area contributed by atoms with Crippen molar-refractivity contribution < 1.29 is 4.74 Å². The highest BCUT2D eigenvalue weighted by molar-refractivity contribution is 5.83. The third-order valence-electron chi connectivity index (χ3n) is 5.07. The minimum atomic E-state index is -0.195. The molecule has 0 amide bonds. The van der Waals surface area contributed by atoms with Crippen molar-refractivity contribution in [2.75, 3.05) is 31.2 Å². The molecule has 1 saturated heterocycles. The zero-order valence-corrected chi connectivity index (χ0v) is 16.4. The van der Waals surface area contributed by atoms with E-state index in [2.05, 4.69) is 51.5 Å². The Bertz CT molecular complexity index is 993. The summed E-state index contributed by atoms with van der Waals surface area (Å²) in [5.41, 5.74) is 1.23. The molecule has 148 valence electrons. The van der Waals surface area contributed by atoms with Crippen molar-refractivity contribution in [3.05, 3.63) is 11.6 Å². The van der Waals surface area contributed by atoms with E-state index in [1.807, 2.05) is 4.68 Å². The molecule has 11 nitrogen and oxygen atoms in total. The molecule has 4 heterocycles. The van der Waals surface area contributed by atoms with E-state index in [1.54, 1.807) is 4.68 Å². The van der Waals surface area contributed by atoms with Gasteiger partial charge in [-0.25, -0.2) is 19.3 Å². The summed E-state index contributed by atoms with van der Waals surface area (Å²) in [6, 6.07) is 0.406. The minimum Gasteiger partial charge on any atom is -0.378 e. The maximum atomic E-state index is 5.50. The van der Waals surface area contributed by atoms with E-state index in [1.165, 1.54) is 0 Å². The molecular formula is C17H24N10O. The number of hydrogen-bond acceptors (Lipinski definition) is 9. The monoisotopic (exact) mass is 384 g/mol. The molecule has 1 aliphatic heterocycles. The fraction of sp³-hybridized carbons (Fsp3) is 0.706. The molecule has 1 aliphatic carbocycles. The molecule has 2 fully saturated rings. The Morgan fingerprint density at radius 2 is 1.82 bits per heavy atom. The van der Waals surface area contributed by atoms with Crippen LogP contribution in [-0.4, -0.2) is 71.5 Å². The van der Waals surface area contributed by atoms with Gasteiger partial charge in [-0.1, -0.05) is 26.0 Å². The quantitative estimate of drug-likeness (QED) is 0.642. The van der Waals surface area contributed by atoms with Crippen LogP contribution in [0.2, 0.25) is 0 Å². The summed E-state index contributed by atoms with van der Waals surface area (Å²) in [5.74, 6) is 2.37. The Morgan fingerprint density at radius 1 is 1.04 bits per heavy atom. The molecule has 0 bridgehead atoms. The Hall–Kier alpha value is -2.69. The molecule has 0 N–H and O–H groups in total. The van der Waals surface area contributed by atoms with Gasteiger partial charge in [0.15, 0.2) is 22.8 Å². The maximum Gasteiger partial charge on any atom is 0.184 e. The Labute approximate surface area is 162 Å². The molecule has 5 rings (SSSR count). The average Bonchev–Trinajstić information content (AvgIpc) is 3.29. The first kappa shape index (κ1) is 17.4. The molecule has 2 aliphatic rings. The molecule has 28 heavy (non-hydrogen) atoms. The van der Waals surface area contributed by atoms with E-state index in [4.69, 9.17) is 14.7 Å². The SMILES string of the molecule is CC(C)(C)c1nc(N2CCOCC2)c2nnn(Cc3nnnn3C3CC3)c2n1. The van der Waals surface area contributed by atoms with E-state index >= 15 is 0 Å². The minimum absolute atomic E-state index is 0.195. The van der Waals surface area contributed by atoms with E-state index in [0.29, 0.717) is 37.0 Å². The molecule has 0 atom stereocenters. The van der Waals surface area contributed by atoms with Gasteiger partial charge in [0, 0.05) is 18.5 Å². The second kappa shape index (κ2) is 6.43. The van der Waals surface area contributed by atoms with Crippen molar-refractivity contribution in [3.63, 3.8) is 0 Å². The van der Waals surface area contributed by atoms with Crippen molar-refractivity contribution >= 4 is 17.0 Å². The van der Waals surface area contributed by atoms with Crippen molar-refractivity contribution in [2.45, 2.75) is 51.6 Å². The number of tetrazole rings is 1. The fourth-order valence-electron chi connectivity index (χ4n) is 3.33. The van der Waals surface area contributed by atoms with E-state index in [0.717, 1.165) is 43.4 Å². The summed E-state index contributed by atoms with van der Waals surface area (Å²) in [5, 5.41) is 20.9. The largest absolute Gasteiger partial charge is 0.378 e. The highest BCUT2D eigenvalue weighted by Gasteiger charge is 2.29. The standard InChI is InChI=1S/C17H24N10O/c1-17(2,3)16-18-14(25-6-8-28-9-7-25)13-15(19-16)26(23-21-13)10-12-20-22-24-27(12)11-4-5-11/h11H,4-10H2,1-3H3. The Balaban J connectivity index is 1.59. The van der Waals surface area contributed by atoms with Crippen LogP contribution in [-0.2, 0) is 16.7 Å². The molecule has 3 aromatic rings. The van der Waals surface area contributed by atoms with Crippen LogP contribution in [0.25, 0.3) is 11.2 Å². The summed E-state index contributed by atoms with van der Waals surface area (Å²) < 4.78 is 9.17. The molecule has 0 spiro atoms. The van der Waals surface area contributed by atoms with Gasteiger partial charge in [-0.05, 0) is 23.3 Å². The number of morpholine rings is 1. The van der Waals surface area contributed by atoms with Gasteiger partial charge in [0.05, 0.1) is 19.3 Å². The molecule has 0 radical (unpaired) electrons. The van der Waals surface area contributed by atoms with E-state index in [9.17, 15) is 0 Å². The Kier molecular flexibility index (Phi) is 4.00. The number of hydrogen-bond donors (Lipinski definition) is 0. The van der Waals surface area contributed by atoms with E-state index in [-0.39, 0.29) is 5.41 Å². The zero-order valence-electron chi connectivity index (χ0n) is 16.4. The predicted octanol–water partition coefficient (Wildman–Crippen LogP) is 0.725. The lowest BCUT2D eigenvalue weighted by Crippen LogP contribution is -2.37. The highest BCUT2D eigenvalue weighted by atomic mass is 16.5. The number of nitrogens with zero attached hydrogens (tertiary/aromatic N) is 10. The summed E-state index contributed by atoms with van der Waals surface area (Å²) in [4.78, 5) is 11.9. The van der Waals surface area contributed by atoms with Gasteiger partial charge in [-0.2, -0.15) is 0 Å². The number of anilines is 1. The first-order chi connectivity index (χ1) is 13.5. The predicted molar refractivity (Wildman–Crippen MR) is 100 cm³/mol. The topological polar surface area (TPSA) is 113 Å². The zero-order chi connectivity index (χ0) is 19.3. The molecule has 11 heteroatoms. The third kappa shape index (κ3) is 3.09. The number of aromatic nitrogens is 9.